The standard InChI is InChI=1S/C8H13N3O.C7H13NO2.C2H6N2O.C2H3N.H2/c1-6-10-8(12-11-6)7-2-4-9-5-3-7;1-10-7(9)6-2-4-8-5-3-6;1-2(3)4-5;1-2-3;/h7,9H,2-5H2,1H3;6,8H,2-5H2,1H3;5H,1H3,(H2,3,4);1H3;1H/i;;;;1+1. The van der Waals surface area contributed by atoms with E-state index in [4.69, 9.17) is 20.7 Å². The van der Waals surface area contributed by atoms with Crippen LogP contribution in [-0.4, -0.2) is 60.4 Å². The first-order chi connectivity index (χ1) is 14.4. The SMILES string of the molecule is CC#N.CC(N)=NO.COC(=O)C1CCNCC1.Cc1noc(C2CCNCC2)n1.[2HH]. The van der Waals surface area contributed by atoms with E-state index in [1.54, 1.807) is 6.07 Å². The first-order valence-corrected chi connectivity index (χ1v) is 9.93. The number of esters is 1. The highest BCUT2D eigenvalue weighted by molar-refractivity contribution is 5.76. The maximum absolute atomic E-state index is 10.9. The van der Waals surface area contributed by atoms with Crippen LogP contribution in [0.25, 0.3) is 0 Å². The molecule has 0 radical (unpaired) electrons. The van der Waals surface area contributed by atoms with E-state index in [0.717, 1.165) is 63.6 Å². The van der Waals surface area contributed by atoms with E-state index < -0.39 is 0 Å². The molecule has 5 N–H and O–H groups in total. The molecule has 0 saturated carbocycles. The van der Waals surface area contributed by atoms with Crippen LogP contribution in [0.15, 0.2) is 9.68 Å². The number of carbonyl (C=O) groups is 1. The van der Waals surface area contributed by atoms with E-state index in [1.807, 2.05) is 6.92 Å². The summed E-state index contributed by atoms with van der Waals surface area (Å²) in [6, 6.07) is 1.75. The number of carbonyl (C=O) groups excluding carboxylic acids is 1. The predicted octanol–water partition coefficient (Wildman–Crippen LogP) is 1.53. The third-order valence-electron chi connectivity index (χ3n) is 4.26. The van der Waals surface area contributed by atoms with Gasteiger partial charge in [-0.2, -0.15) is 10.2 Å². The Morgan fingerprint density at radius 2 is 1.77 bits per heavy atom. The molecule has 0 bridgehead atoms. The summed E-state index contributed by atoms with van der Waals surface area (Å²) in [5, 5.41) is 27.8. The summed E-state index contributed by atoms with van der Waals surface area (Å²) >= 11 is 0. The van der Waals surface area contributed by atoms with E-state index in [9.17, 15) is 4.79 Å². The summed E-state index contributed by atoms with van der Waals surface area (Å²) in [5.41, 5.74) is 4.79. The number of ether oxygens (including phenoxy) is 1. The van der Waals surface area contributed by atoms with E-state index in [2.05, 4.69) is 30.7 Å². The molecular formula is C19H37N7O4. The molecule has 3 heterocycles. The van der Waals surface area contributed by atoms with Gasteiger partial charge in [0.1, 0.15) is 5.84 Å². The smallest absolute Gasteiger partial charge is 0.308 e. The quantitative estimate of drug-likeness (QED) is 0.178. The summed E-state index contributed by atoms with van der Waals surface area (Å²) in [4.78, 5) is 15.1. The molecule has 0 spiro atoms. The Labute approximate surface area is 179 Å². The number of methoxy groups -OCH3 is 1. The minimum Gasteiger partial charge on any atom is -0.469 e. The Bertz CT molecular complexity index is 648. The van der Waals surface area contributed by atoms with Crippen molar-refractivity contribution >= 4 is 11.8 Å². The summed E-state index contributed by atoms with van der Waals surface area (Å²) < 4.78 is 9.74. The van der Waals surface area contributed by atoms with Crippen molar-refractivity contribution < 1.29 is 20.7 Å². The van der Waals surface area contributed by atoms with Crippen LogP contribution in [0.5, 0.6) is 0 Å². The number of nitrogens with two attached hydrogens (primary N) is 1. The largest absolute Gasteiger partial charge is 0.469 e. The van der Waals surface area contributed by atoms with Crippen LogP contribution < -0.4 is 16.4 Å². The molecule has 11 heteroatoms. The number of aromatic nitrogens is 2. The highest BCUT2D eigenvalue weighted by atomic mass is 16.5. The number of oxime groups is 1. The molecule has 2 aliphatic heterocycles. The molecule has 3 rings (SSSR count). The molecule has 0 atom stereocenters. The third-order valence-corrected chi connectivity index (χ3v) is 4.26. The van der Waals surface area contributed by atoms with E-state index in [1.165, 1.54) is 21.0 Å². The van der Waals surface area contributed by atoms with Crippen molar-refractivity contribution in [1.29, 1.82) is 5.26 Å². The lowest BCUT2D eigenvalue weighted by atomic mass is 9.98. The first-order valence-electron chi connectivity index (χ1n) is 9.93. The van der Waals surface area contributed by atoms with Gasteiger partial charge in [0.15, 0.2) is 5.82 Å². The number of piperidine rings is 2. The fourth-order valence-corrected chi connectivity index (χ4v) is 2.77. The van der Waals surface area contributed by atoms with Gasteiger partial charge >= 0.3 is 5.97 Å². The molecule has 0 amide bonds. The fourth-order valence-electron chi connectivity index (χ4n) is 2.77. The zero-order valence-electron chi connectivity index (χ0n) is 18.3. The number of hydrogen-bond acceptors (Lipinski definition) is 10. The number of hydrogen-bond donors (Lipinski definition) is 4. The summed E-state index contributed by atoms with van der Waals surface area (Å²) in [5.74, 6) is 2.31. The number of nitrogens with zero attached hydrogens (tertiary/aromatic N) is 4. The van der Waals surface area contributed by atoms with Gasteiger partial charge in [-0.25, -0.2) is 0 Å². The number of nitrogens with one attached hydrogen (secondary N) is 2. The van der Waals surface area contributed by atoms with Gasteiger partial charge in [-0.1, -0.05) is 10.3 Å². The lowest BCUT2D eigenvalue weighted by molar-refractivity contribution is -0.146. The molecule has 1 aromatic heterocycles. The van der Waals surface area contributed by atoms with Crippen LogP contribution in [-0.2, 0) is 9.53 Å². The topological polar surface area (TPSA) is 172 Å². The molecule has 2 aliphatic rings. The molecule has 11 nitrogen and oxygen atoms in total. The molecule has 0 aromatic carbocycles. The Hall–Kier alpha value is -2.71. The zero-order valence-corrected chi connectivity index (χ0v) is 18.3. The van der Waals surface area contributed by atoms with Gasteiger partial charge < -0.3 is 30.8 Å². The van der Waals surface area contributed by atoms with Crippen LogP contribution in [0.3, 0.4) is 0 Å². The fraction of sp³-hybridized carbons (Fsp3) is 0.737. The van der Waals surface area contributed by atoms with Gasteiger partial charge in [0, 0.05) is 14.3 Å². The Morgan fingerprint density at radius 3 is 2.13 bits per heavy atom. The van der Waals surface area contributed by atoms with Crippen LogP contribution in [0.4, 0.5) is 0 Å². The van der Waals surface area contributed by atoms with E-state index in [-0.39, 0.29) is 19.1 Å². The normalized spacial score (nSPS) is 17.0. The van der Waals surface area contributed by atoms with Crippen molar-refractivity contribution in [3.63, 3.8) is 0 Å². The zero-order chi connectivity index (χ0) is 22.8. The minimum atomic E-state index is -0.0542. The van der Waals surface area contributed by atoms with Gasteiger partial charge in [0.25, 0.3) is 0 Å². The van der Waals surface area contributed by atoms with Crippen LogP contribution >= 0.6 is 0 Å². The second kappa shape index (κ2) is 17.2. The van der Waals surface area contributed by atoms with Crippen molar-refractivity contribution in [2.75, 3.05) is 33.3 Å². The molecule has 172 valence electrons. The summed E-state index contributed by atoms with van der Waals surface area (Å²) in [6.45, 7) is 8.80. The van der Waals surface area contributed by atoms with Crippen molar-refractivity contribution in [2.45, 2.75) is 52.4 Å². The van der Waals surface area contributed by atoms with Crippen molar-refractivity contribution in [3.8, 4) is 6.07 Å². The van der Waals surface area contributed by atoms with Gasteiger partial charge in [-0.3, -0.25) is 4.79 Å². The maximum atomic E-state index is 10.9. The van der Waals surface area contributed by atoms with Gasteiger partial charge in [0.2, 0.25) is 5.89 Å². The highest BCUT2D eigenvalue weighted by Crippen LogP contribution is 2.22. The molecule has 1 aromatic rings. The first kappa shape index (κ1) is 27.3. The average Bonchev–Trinajstić information content (AvgIpc) is 3.22. The second-order valence-electron chi connectivity index (χ2n) is 6.72. The lowest BCUT2D eigenvalue weighted by Crippen LogP contribution is -2.32. The summed E-state index contributed by atoms with van der Waals surface area (Å²) in [7, 11) is 1.45. The number of amidine groups is 1. The van der Waals surface area contributed by atoms with Crippen molar-refractivity contribution in [2.24, 2.45) is 16.8 Å². The van der Waals surface area contributed by atoms with Gasteiger partial charge in [-0.15, -0.1) is 0 Å². The van der Waals surface area contributed by atoms with Gasteiger partial charge in [-0.05, 0) is 65.7 Å². The van der Waals surface area contributed by atoms with Gasteiger partial charge in [0.05, 0.1) is 19.1 Å². The monoisotopic (exact) mass is 428 g/mol. The third kappa shape index (κ3) is 12.7. The predicted molar refractivity (Wildman–Crippen MR) is 114 cm³/mol. The van der Waals surface area contributed by atoms with Crippen molar-refractivity contribution in [3.05, 3.63) is 11.7 Å². The second-order valence-corrected chi connectivity index (χ2v) is 6.72. The number of aryl methyl sites for hydroxylation is 1. The highest BCUT2D eigenvalue weighted by Gasteiger charge is 2.21. The molecule has 2 fully saturated rings. The molecule has 0 unspecified atom stereocenters. The maximum Gasteiger partial charge on any atom is 0.308 e. The Kier molecular flexibility index (Phi) is 15.6. The number of nitriles is 1. The summed E-state index contributed by atoms with van der Waals surface area (Å²) in [6.07, 6.45) is 4.07. The van der Waals surface area contributed by atoms with E-state index >= 15 is 0 Å². The van der Waals surface area contributed by atoms with E-state index in [0.29, 0.717) is 5.92 Å². The molecule has 0 aliphatic carbocycles. The van der Waals surface area contributed by atoms with Crippen LogP contribution in [0.2, 0.25) is 0 Å². The number of rotatable bonds is 2. The van der Waals surface area contributed by atoms with Crippen molar-refractivity contribution in [1.82, 2.24) is 20.8 Å². The van der Waals surface area contributed by atoms with Crippen LogP contribution in [0.1, 0.15) is 58.6 Å². The molecule has 30 heavy (non-hydrogen) atoms. The average molecular weight is 429 g/mol. The Morgan fingerprint density at radius 1 is 1.30 bits per heavy atom. The van der Waals surface area contributed by atoms with Crippen LogP contribution in [0, 0.1) is 24.2 Å². The Balaban J connectivity index is 0. The minimum absolute atomic E-state index is 0. The molecule has 2 saturated heterocycles. The molecular weight excluding hydrogens is 390 g/mol. The lowest BCUT2D eigenvalue weighted by Gasteiger charge is -2.19.